The summed E-state index contributed by atoms with van der Waals surface area (Å²) in [5, 5.41) is 13.6. The topological polar surface area (TPSA) is 124 Å². The number of hydrogen-bond donors (Lipinski definition) is 2. The molecule has 28 heavy (non-hydrogen) atoms. The molecule has 0 bridgehead atoms. The van der Waals surface area contributed by atoms with Crippen LogP contribution in [0.2, 0.25) is 0 Å². The van der Waals surface area contributed by atoms with Gasteiger partial charge in [-0.05, 0) is 39.7 Å². The summed E-state index contributed by atoms with van der Waals surface area (Å²) in [6.07, 6.45) is 6.32. The van der Waals surface area contributed by atoms with E-state index in [1.165, 1.54) is 12.3 Å². The van der Waals surface area contributed by atoms with Gasteiger partial charge in [0.25, 0.3) is 0 Å². The first-order valence-corrected chi connectivity index (χ1v) is 9.15. The van der Waals surface area contributed by atoms with Crippen LogP contribution >= 0.6 is 0 Å². The number of carbonyl (C=O) groups is 2. The minimum absolute atomic E-state index is 0.0156. The van der Waals surface area contributed by atoms with Crippen LogP contribution < -0.4 is 5.73 Å². The van der Waals surface area contributed by atoms with Gasteiger partial charge in [-0.25, -0.2) is 14.6 Å². The molecule has 2 aromatic heterocycles. The summed E-state index contributed by atoms with van der Waals surface area (Å²) in [7, 11) is 0. The molecular formula is C19H25N5O4. The molecule has 0 radical (unpaired) electrons. The number of ether oxygens (including phenoxy) is 1. The van der Waals surface area contributed by atoms with Crippen LogP contribution in [0.4, 0.5) is 10.6 Å². The lowest BCUT2D eigenvalue weighted by atomic mass is 10.1. The minimum atomic E-state index is -1.12. The number of nitrogen functional groups attached to an aromatic ring is 1. The first kappa shape index (κ1) is 19.7. The summed E-state index contributed by atoms with van der Waals surface area (Å²) >= 11 is 0. The van der Waals surface area contributed by atoms with Gasteiger partial charge in [0, 0.05) is 36.6 Å². The molecule has 1 saturated heterocycles. The monoisotopic (exact) mass is 387 g/mol. The van der Waals surface area contributed by atoms with Crippen LogP contribution in [0.25, 0.3) is 11.1 Å². The minimum Gasteiger partial charge on any atom is -0.478 e. The average molecular weight is 387 g/mol. The van der Waals surface area contributed by atoms with Gasteiger partial charge in [-0.2, -0.15) is 5.10 Å². The number of carbonyl (C=O) groups excluding carboxylic acids is 1. The summed E-state index contributed by atoms with van der Waals surface area (Å²) in [5.41, 5.74) is 6.48. The van der Waals surface area contributed by atoms with Crippen molar-refractivity contribution in [2.24, 2.45) is 0 Å². The van der Waals surface area contributed by atoms with Crippen LogP contribution in [0.3, 0.4) is 0 Å². The van der Waals surface area contributed by atoms with E-state index < -0.39 is 11.6 Å². The fraction of sp³-hybridized carbons (Fsp3) is 0.474. The first-order chi connectivity index (χ1) is 13.1. The Morgan fingerprint density at radius 2 is 1.89 bits per heavy atom. The van der Waals surface area contributed by atoms with Crippen molar-refractivity contribution in [3.05, 3.63) is 30.2 Å². The third-order valence-corrected chi connectivity index (χ3v) is 4.57. The number of piperidine rings is 1. The maximum Gasteiger partial charge on any atom is 0.410 e. The van der Waals surface area contributed by atoms with E-state index in [-0.39, 0.29) is 23.5 Å². The van der Waals surface area contributed by atoms with Crippen LogP contribution in [0.1, 0.15) is 50.0 Å². The van der Waals surface area contributed by atoms with Crippen molar-refractivity contribution in [2.45, 2.75) is 45.3 Å². The van der Waals surface area contributed by atoms with Crippen molar-refractivity contribution < 1.29 is 19.4 Å². The average Bonchev–Trinajstić information content (AvgIpc) is 3.10. The van der Waals surface area contributed by atoms with Gasteiger partial charge < -0.3 is 20.5 Å². The third kappa shape index (κ3) is 4.41. The maximum absolute atomic E-state index is 12.2. The van der Waals surface area contributed by atoms with Crippen molar-refractivity contribution in [3.63, 3.8) is 0 Å². The van der Waals surface area contributed by atoms with Gasteiger partial charge in [-0.1, -0.05) is 0 Å². The van der Waals surface area contributed by atoms with E-state index in [1.54, 1.807) is 11.1 Å². The Hall–Kier alpha value is -3.10. The highest BCUT2D eigenvalue weighted by atomic mass is 16.6. The van der Waals surface area contributed by atoms with E-state index >= 15 is 0 Å². The van der Waals surface area contributed by atoms with E-state index in [2.05, 4.69) is 10.1 Å². The van der Waals surface area contributed by atoms with Crippen LogP contribution in [-0.2, 0) is 4.74 Å². The highest BCUT2D eigenvalue weighted by Crippen LogP contribution is 2.27. The van der Waals surface area contributed by atoms with E-state index in [1.807, 2.05) is 31.6 Å². The molecule has 0 aromatic carbocycles. The molecule has 0 spiro atoms. The maximum atomic E-state index is 12.2. The Labute approximate surface area is 163 Å². The molecule has 1 aliphatic heterocycles. The van der Waals surface area contributed by atoms with Gasteiger partial charge in [0.1, 0.15) is 17.0 Å². The molecule has 3 N–H and O–H groups in total. The number of carboxylic acid groups (broad SMARTS) is 1. The predicted octanol–water partition coefficient (Wildman–Crippen LogP) is 2.80. The van der Waals surface area contributed by atoms with Gasteiger partial charge in [0.15, 0.2) is 0 Å². The Morgan fingerprint density at radius 3 is 2.50 bits per heavy atom. The largest absolute Gasteiger partial charge is 0.478 e. The van der Waals surface area contributed by atoms with Crippen molar-refractivity contribution in [1.29, 1.82) is 0 Å². The molecule has 0 aliphatic carbocycles. The Morgan fingerprint density at radius 1 is 1.21 bits per heavy atom. The van der Waals surface area contributed by atoms with Crippen LogP contribution in [0, 0.1) is 0 Å². The molecule has 1 amide bonds. The van der Waals surface area contributed by atoms with Crippen LogP contribution in [0.5, 0.6) is 0 Å². The summed E-state index contributed by atoms with van der Waals surface area (Å²) in [4.78, 5) is 29.1. The number of rotatable bonds is 3. The zero-order valence-electron chi connectivity index (χ0n) is 16.3. The van der Waals surface area contributed by atoms with Gasteiger partial charge in [0.05, 0.1) is 12.2 Å². The highest BCUT2D eigenvalue weighted by molar-refractivity contribution is 5.94. The number of carboxylic acids is 1. The number of anilines is 1. The predicted molar refractivity (Wildman–Crippen MR) is 103 cm³/mol. The molecule has 3 rings (SSSR count). The lowest BCUT2D eigenvalue weighted by Crippen LogP contribution is -2.42. The molecule has 3 heterocycles. The SMILES string of the molecule is CC(C)(C)OC(=O)N1CCC(n2cc(-c3cnc(N)c(C(=O)O)c3)cn2)CC1. The smallest absolute Gasteiger partial charge is 0.410 e. The molecule has 9 heteroatoms. The standard InChI is InChI=1S/C19H25N5O4/c1-19(2,3)28-18(27)23-6-4-14(5-7-23)24-11-13(10-22-24)12-8-15(17(25)26)16(20)21-9-12/h8-11,14H,4-7H2,1-3H3,(H2,20,21)(H,25,26). The Kier molecular flexibility index (Phi) is 5.26. The highest BCUT2D eigenvalue weighted by Gasteiger charge is 2.28. The molecule has 9 nitrogen and oxygen atoms in total. The zero-order chi connectivity index (χ0) is 20.5. The fourth-order valence-corrected chi connectivity index (χ4v) is 3.13. The number of aromatic nitrogens is 3. The van der Waals surface area contributed by atoms with E-state index in [4.69, 9.17) is 10.5 Å². The number of aromatic carboxylic acids is 1. The molecule has 1 fully saturated rings. The number of likely N-dealkylation sites (tertiary alicyclic amines) is 1. The third-order valence-electron chi connectivity index (χ3n) is 4.57. The number of nitrogens with zero attached hydrogens (tertiary/aromatic N) is 4. The molecular weight excluding hydrogens is 362 g/mol. The summed E-state index contributed by atoms with van der Waals surface area (Å²) < 4.78 is 7.28. The second-order valence-corrected chi connectivity index (χ2v) is 7.87. The fourth-order valence-electron chi connectivity index (χ4n) is 3.13. The van der Waals surface area contributed by atoms with Gasteiger partial charge in [0.2, 0.25) is 0 Å². The summed E-state index contributed by atoms with van der Waals surface area (Å²) in [6.45, 7) is 6.75. The van der Waals surface area contributed by atoms with Crippen molar-refractivity contribution in [2.75, 3.05) is 18.8 Å². The van der Waals surface area contributed by atoms with Crippen LogP contribution in [0.15, 0.2) is 24.7 Å². The molecule has 2 aromatic rings. The molecule has 150 valence electrons. The second-order valence-electron chi connectivity index (χ2n) is 7.87. The van der Waals surface area contributed by atoms with Crippen molar-refractivity contribution >= 4 is 17.9 Å². The molecule has 0 unspecified atom stereocenters. The molecule has 0 saturated carbocycles. The van der Waals surface area contributed by atoms with Gasteiger partial charge in [-0.3, -0.25) is 4.68 Å². The van der Waals surface area contributed by atoms with Gasteiger partial charge in [-0.15, -0.1) is 0 Å². The number of nitrogens with two attached hydrogens (primary N) is 1. The lowest BCUT2D eigenvalue weighted by molar-refractivity contribution is 0.0184. The Bertz CT molecular complexity index is 879. The zero-order valence-corrected chi connectivity index (χ0v) is 16.3. The van der Waals surface area contributed by atoms with Crippen molar-refractivity contribution in [3.8, 4) is 11.1 Å². The lowest BCUT2D eigenvalue weighted by Gasteiger charge is -2.33. The first-order valence-electron chi connectivity index (χ1n) is 9.15. The Balaban J connectivity index is 1.67. The molecule has 1 aliphatic rings. The second kappa shape index (κ2) is 7.49. The summed E-state index contributed by atoms with van der Waals surface area (Å²) in [5.74, 6) is -1.13. The van der Waals surface area contributed by atoms with Crippen LogP contribution in [-0.4, -0.2) is 55.5 Å². The quantitative estimate of drug-likeness (QED) is 0.830. The number of pyridine rings is 1. The van der Waals surface area contributed by atoms with E-state index in [9.17, 15) is 14.7 Å². The number of amides is 1. The molecule has 0 atom stereocenters. The van der Waals surface area contributed by atoms with E-state index in [0.717, 1.165) is 18.4 Å². The summed E-state index contributed by atoms with van der Waals surface area (Å²) in [6, 6.07) is 1.66. The van der Waals surface area contributed by atoms with Gasteiger partial charge >= 0.3 is 12.1 Å². The normalized spacial score (nSPS) is 15.5. The van der Waals surface area contributed by atoms with E-state index in [0.29, 0.717) is 18.7 Å². The number of hydrogen-bond acceptors (Lipinski definition) is 6. The van der Waals surface area contributed by atoms with Crippen molar-refractivity contribution in [1.82, 2.24) is 19.7 Å².